The first-order valence-electron chi connectivity index (χ1n) is 8.10. The zero-order chi connectivity index (χ0) is 18.0. The molecule has 0 aliphatic carbocycles. The number of amides is 1. The first-order chi connectivity index (χ1) is 12.0. The fraction of sp³-hybridized carbons (Fsp3) is 0.263. The van der Waals surface area contributed by atoms with Gasteiger partial charge in [-0.2, -0.15) is 4.39 Å². The van der Waals surface area contributed by atoms with Gasteiger partial charge < -0.3 is 10.0 Å². The van der Waals surface area contributed by atoms with Gasteiger partial charge in [-0.3, -0.25) is 9.20 Å². The highest BCUT2D eigenvalue weighted by Gasteiger charge is 2.23. The Morgan fingerprint density at radius 2 is 2.00 bits per heavy atom. The molecule has 1 aromatic carbocycles. The molecule has 1 amide bonds. The molecule has 0 aliphatic heterocycles. The van der Waals surface area contributed by atoms with Crippen LogP contribution >= 0.6 is 0 Å². The molecule has 0 fully saturated rings. The second-order valence-electron chi connectivity index (χ2n) is 6.08. The van der Waals surface area contributed by atoms with Crippen LogP contribution in [0, 0.1) is 12.9 Å². The molecule has 2 aromatic heterocycles. The number of aryl methyl sites for hydroxylation is 1. The number of pyridine rings is 1. The maximum atomic E-state index is 14.5. The molecule has 3 aromatic rings. The van der Waals surface area contributed by atoms with E-state index in [0.717, 1.165) is 11.1 Å². The zero-order valence-electron chi connectivity index (χ0n) is 14.2. The second-order valence-corrected chi connectivity index (χ2v) is 6.08. The summed E-state index contributed by atoms with van der Waals surface area (Å²) in [6.07, 6.45) is 1.23. The van der Waals surface area contributed by atoms with E-state index in [-0.39, 0.29) is 5.69 Å². The fourth-order valence-electron chi connectivity index (χ4n) is 2.75. The van der Waals surface area contributed by atoms with Crippen LogP contribution in [0.5, 0.6) is 0 Å². The van der Waals surface area contributed by atoms with Crippen LogP contribution in [0.15, 0.2) is 48.7 Å². The summed E-state index contributed by atoms with van der Waals surface area (Å²) in [5.74, 6) is -1.17. The van der Waals surface area contributed by atoms with E-state index in [2.05, 4.69) is 4.98 Å². The summed E-state index contributed by atoms with van der Waals surface area (Å²) in [5, 5.41) is 10.2. The van der Waals surface area contributed by atoms with E-state index in [0.29, 0.717) is 18.6 Å². The van der Waals surface area contributed by atoms with Crippen LogP contribution in [-0.4, -0.2) is 38.9 Å². The Hall–Kier alpha value is -2.73. The Morgan fingerprint density at radius 3 is 2.68 bits per heavy atom. The molecule has 25 heavy (non-hydrogen) atoms. The van der Waals surface area contributed by atoms with Gasteiger partial charge in [0.25, 0.3) is 5.91 Å². The quantitative estimate of drug-likeness (QED) is 0.776. The Kier molecular flexibility index (Phi) is 4.81. The fourth-order valence-corrected chi connectivity index (χ4v) is 2.75. The number of aliphatic hydroxyl groups excluding tert-OH is 1. The van der Waals surface area contributed by atoms with Gasteiger partial charge in [-0.25, -0.2) is 4.98 Å². The van der Waals surface area contributed by atoms with Gasteiger partial charge in [0.1, 0.15) is 5.65 Å². The normalized spacial score (nSPS) is 12.3. The lowest BCUT2D eigenvalue weighted by atomic mass is 10.1. The Morgan fingerprint density at radius 1 is 1.28 bits per heavy atom. The number of nitrogens with zero attached hydrogens (tertiary/aromatic N) is 3. The van der Waals surface area contributed by atoms with E-state index in [9.17, 15) is 14.3 Å². The molecule has 5 nitrogen and oxygen atoms in total. The summed E-state index contributed by atoms with van der Waals surface area (Å²) in [6, 6.07) is 12.8. The molecule has 130 valence electrons. The highest BCUT2D eigenvalue weighted by Crippen LogP contribution is 2.18. The molecule has 1 unspecified atom stereocenters. The Balaban J connectivity index is 1.73. The van der Waals surface area contributed by atoms with Gasteiger partial charge in [0.15, 0.2) is 5.69 Å². The van der Waals surface area contributed by atoms with Crippen molar-refractivity contribution in [3.8, 4) is 0 Å². The third kappa shape index (κ3) is 3.39. The van der Waals surface area contributed by atoms with Crippen molar-refractivity contribution in [2.24, 2.45) is 0 Å². The molecule has 2 heterocycles. The van der Waals surface area contributed by atoms with Crippen molar-refractivity contribution in [3.63, 3.8) is 0 Å². The first kappa shape index (κ1) is 17.1. The van der Waals surface area contributed by atoms with E-state index in [1.807, 2.05) is 43.3 Å². The van der Waals surface area contributed by atoms with Crippen molar-refractivity contribution >= 4 is 11.6 Å². The number of halogens is 1. The number of aromatic nitrogens is 2. The summed E-state index contributed by atoms with van der Waals surface area (Å²) in [7, 11) is 1.58. The maximum absolute atomic E-state index is 14.5. The Labute approximate surface area is 145 Å². The molecule has 0 bridgehead atoms. The van der Waals surface area contributed by atoms with Gasteiger partial charge in [0, 0.05) is 19.8 Å². The average Bonchev–Trinajstić information content (AvgIpc) is 2.98. The lowest BCUT2D eigenvalue weighted by Crippen LogP contribution is -2.29. The summed E-state index contributed by atoms with van der Waals surface area (Å²) in [6.45, 7) is 2.11. The minimum Gasteiger partial charge on any atom is -0.388 e. The molecular formula is C19H20FN3O2. The van der Waals surface area contributed by atoms with Crippen LogP contribution in [0.1, 0.15) is 34.1 Å². The van der Waals surface area contributed by atoms with Crippen LogP contribution in [0.4, 0.5) is 4.39 Å². The zero-order valence-corrected chi connectivity index (χ0v) is 14.2. The topological polar surface area (TPSA) is 57.8 Å². The number of benzene rings is 1. The van der Waals surface area contributed by atoms with Crippen molar-refractivity contribution in [2.75, 3.05) is 13.6 Å². The van der Waals surface area contributed by atoms with Crippen molar-refractivity contribution < 1.29 is 14.3 Å². The minimum absolute atomic E-state index is 0.203. The largest absolute Gasteiger partial charge is 0.388 e. The van der Waals surface area contributed by atoms with E-state index in [1.165, 1.54) is 9.30 Å². The number of hydrogen-bond donors (Lipinski definition) is 1. The minimum atomic E-state index is -0.676. The predicted molar refractivity (Wildman–Crippen MR) is 92.9 cm³/mol. The van der Waals surface area contributed by atoms with E-state index in [1.54, 1.807) is 19.3 Å². The van der Waals surface area contributed by atoms with Gasteiger partial charge >= 0.3 is 0 Å². The van der Waals surface area contributed by atoms with E-state index >= 15 is 0 Å². The van der Waals surface area contributed by atoms with Crippen LogP contribution < -0.4 is 0 Å². The highest BCUT2D eigenvalue weighted by molar-refractivity contribution is 5.93. The monoisotopic (exact) mass is 341 g/mol. The summed E-state index contributed by atoms with van der Waals surface area (Å²) in [5.41, 5.74) is 1.81. The first-order valence-corrected chi connectivity index (χ1v) is 8.10. The van der Waals surface area contributed by atoms with Crippen LogP contribution in [-0.2, 0) is 0 Å². The number of carbonyl (C=O) groups excluding carboxylic acids is 1. The third-order valence-electron chi connectivity index (χ3n) is 4.26. The second kappa shape index (κ2) is 7.03. The van der Waals surface area contributed by atoms with Crippen molar-refractivity contribution in [1.29, 1.82) is 0 Å². The van der Waals surface area contributed by atoms with Crippen molar-refractivity contribution in [3.05, 3.63) is 71.4 Å². The molecule has 0 radical (unpaired) electrons. The predicted octanol–water partition coefficient (Wildman–Crippen LogP) is 2.98. The van der Waals surface area contributed by atoms with Gasteiger partial charge in [-0.15, -0.1) is 0 Å². The van der Waals surface area contributed by atoms with Crippen molar-refractivity contribution in [1.82, 2.24) is 14.3 Å². The summed E-state index contributed by atoms with van der Waals surface area (Å²) < 4.78 is 15.8. The summed E-state index contributed by atoms with van der Waals surface area (Å²) in [4.78, 5) is 18.1. The molecule has 6 heteroatoms. The van der Waals surface area contributed by atoms with Gasteiger partial charge in [0.2, 0.25) is 5.95 Å². The number of rotatable bonds is 5. The molecule has 0 aliphatic rings. The lowest BCUT2D eigenvalue weighted by molar-refractivity contribution is 0.0751. The molecule has 1 atom stereocenters. The van der Waals surface area contributed by atoms with E-state index < -0.39 is 18.0 Å². The van der Waals surface area contributed by atoms with Crippen LogP contribution in [0.2, 0.25) is 0 Å². The van der Waals surface area contributed by atoms with Crippen molar-refractivity contribution in [2.45, 2.75) is 19.4 Å². The number of hydrogen-bond acceptors (Lipinski definition) is 3. The highest BCUT2D eigenvalue weighted by atomic mass is 19.1. The van der Waals surface area contributed by atoms with E-state index in [4.69, 9.17) is 0 Å². The molecular weight excluding hydrogens is 321 g/mol. The lowest BCUT2D eigenvalue weighted by Gasteiger charge is -2.18. The summed E-state index contributed by atoms with van der Waals surface area (Å²) >= 11 is 0. The standard InChI is InChI=1S/C19H20FN3O2/c1-13-7-6-11-23-17(20)16(21-18(13)23)19(25)22(2)12-10-15(24)14-8-4-3-5-9-14/h3-9,11,15,24H,10,12H2,1-2H3. The average molecular weight is 341 g/mol. The SMILES string of the molecule is Cc1cccn2c(F)c(C(=O)N(C)CCC(O)c3ccccc3)nc12. The maximum Gasteiger partial charge on any atom is 0.276 e. The van der Waals surface area contributed by atoms with Gasteiger partial charge in [-0.1, -0.05) is 36.4 Å². The molecule has 3 rings (SSSR count). The van der Waals surface area contributed by atoms with Gasteiger partial charge in [-0.05, 0) is 30.5 Å². The number of fused-ring (bicyclic) bond motifs is 1. The number of aliphatic hydroxyl groups is 1. The Bertz CT molecular complexity index is 892. The molecule has 0 saturated heterocycles. The molecule has 0 saturated carbocycles. The number of imidazole rings is 1. The number of carbonyl (C=O) groups is 1. The smallest absolute Gasteiger partial charge is 0.276 e. The third-order valence-corrected chi connectivity index (χ3v) is 4.26. The van der Waals surface area contributed by atoms with Crippen LogP contribution in [0.3, 0.4) is 0 Å². The van der Waals surface area contributed by atoms with Crippen LogP contribution in [0.25, 0.3) is 5.65 Å². The van der Waals surface area contributed by atoms with Gasteiger partial charge in [0.05, 0.1) is 6.10 Å². The molecule has 0 spiro atoms. The molecule has 1 N–H and O–H groups in total.